The van der Waals surface area contributed by atoms with Crippen molar-refractivity contribution in [2.24, 2.45) is 0 Å². The molecule has 0 radical (unpaired) electrons. The van der Waals surface area contributed by atoms with Gasteiger partial charge in [0.1, 0.15) is 0 Å². The van der Waals surface area contributed by atoms with E-state index in [9.17, 15) is 0 Å². The van der Waals surface area contributed by atoms with Gasteiger partial charge in [0.2, 0.25) is 0 Å². The van der Waals surface area contributed by atoms with Gasteiger partial charge in [0.25, 0.3) is 0 Å². The van der Waals surface area contributed by atoms with Crippen molar-refractivity contribution in [2.45, 2.75) is 45.8 Å². The molecule has 0 atom stereocenters. The Morgan fingerprint density at radius 1 is 1.18 bits per heavy atom. The third-order valence-corrected chi connectivity index (χ3v) is 3.88. The van der Waals surface area contributed by atoms with Crippen molar-refractivity contribution < 1.29 is 9.31 Å². The molecule has 0 bridgehead atoms. The van der Waals surface area contributed by atoms with E-state index in [1.807, 2.05) is 34.6 Å². The molecule has 1 saturated heterocycles. The first-order chi connectivity index (χ1) is 7.73. The Hall–Kier alpha value is -0.455. The lowest BCUT2D eigenvalue weighted by Crippen LogP contribution is -2.41. The summed E-state index contributed by atoms with van der Waals surface area (Å²) in [6.45, 7) is 10.0. The number of aromatic nitrogens is 2. The summed E-state index contributed by atoms with van der Waals surface area (Å²) in [6, 6.07) is 0. The summed E-state index contributed by atoms with van der Waals surface area (Å²) in [6.07, 6.45) is 1.74. The van der Waals surface area contributed by atoms with E-state index in [0.29, 0.717) is 4.73 Å². The van der Waals surface area contributed by atoms with Gasteiger partial charge in [0.05, 0.1) is 11.2 Å². The van der Waals surface area contributed by atoms with E-state index in [1.165, 1.54) is 0 Å². The minimum atomic E-state index is -0.395. The third-order valence-electron chi connectivity index (χ3n) is 3.50. The maximum absolute atomic E-state index is 5.95. The van der Waals surface area contributed by atoms with Crippen LogP contribution in [0.3, 0.4) is 0 Å². The monoisotopic (exact) mass is 298 g/mol. The average molecular weight is 299 g/mol. The Morgan fingerprint density at radius 3 is 2.18 bits per heavy atom. The number of aryl methyl sites for hydroxylation is 1. The molecule has 0 aliphatic carbocycles. The predicted molar refractivity (Wildman–Crippen MR) is 70.2 cm³/mol. The lowest BCUT2D eigenvalue weighted by atomic mass is 9.79. The van der Waals surface area contributed by atoms with Crippen molar-refractivity contribution in [2.75, 3.05) is 0 Å². The van der Waals surface area contributed by atoms with E-state index in [0.717, 1.165) is 11.2 Å². The summed E-state index contributed by atoms with van der Waals surface area (Å²) in [5.41, 5.74) is 1.08. The van der Waals surface area contributed by atoms with Crippen LogP contribution in [-0.2, 0) is 9.31 Å². The van der Waals surface area contributed by atoms with Gasteiger partial charge < -0.3 is 9.31 Å². The number of halogens is 1. The fourth-order valence-electron chi connectivity index (χ4n) is 1.65. The number of hydrogen-bond donors (Lipinski definition) is 0. The van der Waals surface area contributed by atoms with Crippen LogP contribution in [0.2, 0.25) is 0 Å². The van der Waals surface area contributed by atoms with Crippen molar-refractivity contribution in [1.82, 2.24) is 9.97 Å². The number of rotatable bonds is 1. The molecule has 4 nitrogen and oxygen atoms in total. The second kappa shape index (κ2) is 4.04. The Morgan fingerprint density at radius 2 is 1.71 bits per heavy atom. The average Bonchev–Trinajstić information content (AvgIpc) is 2.35. The second-order valence-electron chi connectivity index (χ2n) is 5.27. The Kier molecular flexibility index (Phi) is 3.08. The van der Waals surface area contributed by atoms with Crippen molar-refractivity contribution in [1.29, 1.82) is 0 Å². The highest BCUT2D eigenvalue weighted by Crippen LogP contribution is 2.36. The summed E-state index contributed by atoms with van der Waals surface area (Å²) in [5.74, 6) is 0. The highest BCUT2D eigenvalue weighted by Gasteiger charge is 2.52. The van der Waals surface area contributed by atoms with Gasteiger partial charge in [-0.15, -0.1) is 0 Å². The molecule has 0 spiro atoms. The van der Waals surface area contributed by atoms with Crippen LogP contribution in [0.5, 0.6) is 0 Å². The molecule has 0 amide bonds. The lowest BCUT2D eigenvalue weighted by Gasteiger charge is -2.32. The highest BCUT2D eigenvalue weighted by atomic mass is 79.9. The summed E-state index contributed by atoms with van der Waals surface area (Å²) in [4.78, 5) is 8.38. The molecule has 6 heteroatoms. The lowest BCUT2D eigenvalue weighted by molar-refractivity contribution is 0.00578. The standard InChI is InChI=1S/C11H16BBrN2O2/c1-7-8(6-14-9(13)15-7)12-16-10(2,3)11(4,5)17-12/h6H,1-5H3. The Balaban J connectivity index is 2.32. The smallest absolute Gasteiger partial charge is 0.399 e. The molecular formula is C11H16BBrN2O2. The van der Waals surface area contributed by atoms with E-state index in [-0.39, 0.29) is 11.2 Å². The highest BCUT2D eigenvalue weighted by molar-refractivity contribution is 9.10. The molecule has 2 heterocycles. The van der Waals surface area contributed by atoms with Gasteiger partial charge in [-0.25, -0.2) is 9.97 Å². The van der Waals surface area contributed by atoms with Crippen molar-refractivity contribution in [3.05, 3.63) is 16.6 Å². The Labute approximate surface area is 110 Å². The van der Waals surface area contributed by atoms with Crippen LogP contribution in [0.25, 0.3) is 0 Å². The molecule has 92 valence electrons. The van der Waals surface area contributed by atoms with Gasteiger partial charge in [-0.3, -0.25) is 0 Å². The van der Waals surface area contributed by atoms with Gasteiger partial charge >= 0.3 is 7.12 Å². The van der Waals surface area contributed by atoms with E-state index < -0.39 is 7.12 Å². The molecule has 1 aromatic rings. The zero-order valence-corrected chi connectivity index (χ0v) is 12.3. The van der Waals surface area contributed by atoms with Gasteiger partial charge in [0, 0.05) is 17.4 Å². The normalized spacial score (nSPS) is 21.9. The SMILES string of the molecule is Cc1nc(Br)ncc1B1OC(C)(C)C(C)(C)O1. The maximum atomic E-state index is 5.95. The molecule has 2 rings (SSSR count). The summed E-state index contributed by atoms with van der Waals surface area (Å²) in [7, 11) is -0.395. The molecule has 1 aromatic heterocycles. The first-order valence-corrected chi connectivity index (χ1v) is 6.37. The molecule has 1 fully saturated rings. The molecule has 1 aliphatic rings. The maximum Gasteiger partial charge on any atom is 0.498 e. The van der Waals surface area contributed by atoms with Crippen molar-refractivity contribution in [3.8, 4) is 0 Å². The minimum Gasteiger partial charge on any atom is -0.399 e. The first-order valence-electron chi connectivity index (χ1n) is 5.58. The number of nitrogens with zero attached hydrogens (tertiary/aromatic N) is 2. The topological polar surface area (TPSA) is 44.2 Å². The summed E-state index contributed by atoms with van der Waals surface area (Å²) >= 11 is 3.25. The van der Waals surface area contributed by atoms with Gasteiger partial charge in [-0.1, -0.05) is 0 Å². The second-order valence-corrected chi connectivity index (χ2v) is 5.98. The fourth-order valence-corrected chi connectivity index (χ4v) is 2.02. The molecular weight excluding hydrogens is 283 g/mol. The number of hydrogen-bond acceptors (Lipinski definition) is 4. The first kappa shape index (κ1) is 13.0. The van der Waals surface area contributed by atoms with E-state index in [1.54, 1.807) is 6.20 Å². The van der Waals surface area contributed by atoms with Crippen LogP contribution < -0.4 is 5.46 Å². The van der Waals surface area contributed by atoms with E-state index in [2.05, 4.69) is 25.9 Å². The van der Waals surface area contributed by atoms with Gasteiger partial charge in [-0.2, -0.15) is 0 Å². The van der Waals surface area contributed by atoms with Crippen molar-refractivity contribution >= 4 is 28.5 Å². The van der Waals surface area contributed by atoms with Crippen LogP contribution in [-0.4, -0.2) is 28.3 Å². The molecule has 0 aromatic carbocycles. The molecule has 0 saturated carbocycles. The van der Waals surface area contributed by atoms with Gasteiger partial charge in [-0.05, 0) is 50.5 Å². The van der Waals surface area contributed by atoms with E-state index >= 15 is 0 Å². The summed E-state index contributed by atoms with van der Waals surface area (Å²) in [5, 5.41) is 0. The molecule has 0 N–H and O–H groups in total. The van der Waals surface area contributed by atoms with Crippen LogP contribution in [0.15, 0.2) is 10.9 Å². The fraction of sp³-hybridized carbons (Fsp3) is 0.636. The largest absolute Gasteiger partial charge is 0.498 e. The predicted octanol–water partition coefficient (Wildman–Crippen LogP) is 1.85. The van der Waals surface area contributed by atoms with Crippen LogP contribution in [0.4, 0.5) is 0 Å². The van der Waals surface area contributed by atoms with Crippen LogP contribution >= 0.6 is 15.9 Å². The van der Waals surface area contributed by atoms with Crippen molar-refractivity contribution in [3.63, 3.8) is 0 Å². The molecule has 17 heavy (non-hydrogen) atoms. The quantitative estimate of drug-likeness (QED) is 0.586. The summed E-state index contributed by atoms with van der Waals surface area (Å²) < 4.78 is 12.5. The zero-order valence-electron chi connectivity index (χ0n) is 10.7. The Bertz CT molecular complexity index is 435. The van der Waals surface area contributed by atoms with Gasteiger partial charge in [0.15, 0.2) is 4.73 Å². The molecule has 1 aliphatic heterocycles. The molecule has 0 unspecified atom stereocenters. The van der Waals surface area contributed by atoms with Crippen LogP contribution in [0, 0.1) is 6.92 Å². The zero-order chi connectivity index (χ0) is 12.8. The van der Waals surface area contributed by atoms with Crippen LogP contribution in [0.1, 0.15) is 33.4 Å². The third kappa shape index (κ3) is 2.26. The van der Waals surface area contributed by atoms with E-state index in [4.69, 9.17) is 9.31 Å². The minimum absolute atomic E-state index is 0.336.